The van der Waals surface area contributed by atoms with Crippen LogP contribution in [0, 0.1) is 11.3 Å². The third kappa shape index (κ3) is 5.00. The van der Waals surface area contributed by atoms with E-state index in [1.807, 2.05) is 6.07 Å². The van der Waals surface area contributed by atoms with Crippen molar-refractivity contribution >= 4 is 58.0 Å². The maximum absolute atomic E-state index is 13.7. The average molecular weight is 539 g/mol. The van der Waals surface area contributed by atoms with E-state index in [2.05, 4.69) is 10.1 Å². The smallest absolute Gasteiger partial charge is 0.332 e. The fraction of sp³-hybridized carbons (Fsp3) is 0.154. The number of nitrogens with one attached hydrogen (secondary N) is 1. The Labute approximate surface area is 221 Å². The molecule has 1 aromatic heterocycles. The number of carbonyl (C=O) groups is 2. The number of carbonyl (C=O) groups excluding carboxylic acids is 2. The minimum atomic E-state index is -0.967. The summed E-state index contributed by atoms with van der Waals surface area (Å²) in [7, 11) is 2.71. The second-order valence-corrected chi connectivity index (χ2v) is 8.98. The summed E-state index contributed by atoms with van der Waals surface area (Å²) in [6.07, 6.45) is 1.02. The van der Waals surface area contributed by atoms with Crippen LogP contribution in [0.15, 0.2) is 58.9 Å². The van der Waals surface area contributed by atoms with Crippen molar-refractivity contribution in [3.63, 3.8) is 0 Å². The maximum atomic E-state index is 13.7. The van der Waals surface area contributed by atoms with Crippen LogP contribution < -0.4 is 30.5 Å². The molecule has 9 nitrogen and oxygen atoms in total. The molecule has 0 spiro atoms. The Hall–Kier alpha value is -4.33. The highest BCUT2D eigenvalue weighted by molar-refractivity contribution is 7.07. The zero-order chi connectivity index (χ0) is 26.0. The first-order valence-electron chi connectivity index (χ1n) is 10.5. The van der Waals surface area contributed by atoms with Crippen LogP contribution in [0.3, 0.4) is 0 Å². The van der Waals surface area contributed by atoms with E-state index < -0.39 is 23.4 Å². The maximum Gasteiger partial charge on any atom is 0.332 e. The first-order chi connectivity index (χ1) is 17.3. The zero-order valence-electron chi connectivity index (χ0n) is 19.1. The molecule has 3 aromatic rings. The third-order valence-electron chi connectivity index (χ3n) is 5.53. The van der Waals surface area contributed by atoms with Crippen LogP contribution in [0.1, 0.15) is 18.9 Å². The molecule has 0 radical (unpaired) electrons. The number of amides is 1. The number of thiazole rings is 1. The van der Waals surface area contributed by atoms with Crippen LogP contribution in [0.5, 0.6) is 5.75 Å². The number of hydrogen-bond acceptors (Lipinski definition) is 8. The first-order valence-corrected chi connectivity index (χ1v) is 11.7. The summed E-state index contributed by atoms with van der Waals surface area (Å²) in [5, 5.41) is 13.2. The second kappa shape index (κ2) is 11.2. The summed E-state index contributed by atoms with van der Waals surface area (Å²) < 4.78 is 11.0. The van der Waals surface area contributed by atoms with Crippen LogP contribution in [0.25, 0.3) is 17.5 Å². The van der Waals surface area contributed by atoms with Gasteiger partial charge in [0.15, 0.2) is 0 Å². The van der Waals surface area contributed by atoms with Crippen molar-refractivity contribution in [1.82, 2.24) is 4.57 Å². The van der Waals surface area contributed by atoms with Gasteiger partial charge in [-0.15, -0.1) is 11.3 Å². The van der Waals surface area contributed by atoms with Gasteiger partial charge in [-0.05, 0) is 35.9 Å². The molecule has 0 saturated carbocycles. The predicted molar refractivity (Wildman–Crippen MR) is 143 cm³/mol. The lowest BCUT2D eigenvalue weighted by atomic mass is 9.83. The monoisotopic (exact) mass is 538 g/mol. The van der Waals surface area contributed by atoms with Gasteiger partial charge in [-0.1, -0.05) is 37.2 Å². The number of allylic oxidation sites excluding steroid dienone is 1. The molecule has 37 heavy (non-hydrogen) atoms. The third-order valence-corrected chi connectivity index (χ3v) is 6.98. The van der Waals surface area contributed by atoms with Crippen molar-refractivity contribution < 1.29 is 19.1 Å². The molecule has 4 rings (SSSR count). The van der Waals surface area contributed by atoms with Gasteiger partial charge >= 0.3 is 5.97 Å². The number of ether oxygens (including phenoxy) is 2. The van der Waals surface area contributed by atoms with Gasteiger partial charge in [-0.2, -0.15) is 5.26 Å². The molecule has 3 N–H and O–H groups in total. The number of aromatic nitrogens is 1. The summed E-state index contributed by atoms with van der Waals surface area (Å²) >= 11 is 7.37. The van der Waals surface area contributed by atoms with Gasteiger partial charge < -0.3 is 20.5 Å². The van der Waals surface area contributed by atoms with Crippen molar-refractivity contribution in [2.45, 2.75) is 13.3 Å². The quantitative estimate of drug-likeness (QED) is 0.476. The molecule has 2 heterocycles. The van der Waals surface area contributed by atoms with E-state index in [1.165, 1.54) is 14.2 Å². The average Bonchev–Trinajstić information content (AvgIpc) is 3.20. The Kier molecular flexibility index (Phi) is 8.22. The largest absolute Gasteiger partial charge is 0.497 e. The number of esters is 1. The number of fused-ring (bicyclic) bond motifs is 1. The van der Waals surface area contributed by atoms with Crippen molar-refractivity contribution in [2.75, 3.05) is 19.5 Å². The number of benzene rings is 2. The van der Waals surface area contributed by atoms with Crippen molar-refractivity contribution in [1.29, 1.82) is 5.26 Å². The number of methoxy groups -OCH3 is 2. The molecule has 0 saturated heterocycles. The van der Waals surface area contributed by atoms with E-state index in [4.69, 9.17) is 22.1 Å². The number of nitrogens with two attached hydrogens (primary N) is 1. The van der Waals surface area contributed by atoms with Crippen molar-refractivity contribution in [3.05, 3.63) is 84.2 Å². The normalized spacial score (nSPS) is 14.8. The Morgan fingerprint density at radius 3 is 2.46 bits per heavy atom. The molecular formula is C26H23ClN4O5S. The molecule has 1 atom stereocenters. The van der Waals surface area contributed by atoms with Crippen molar-refractivity contribution in [2.24, 2.45) is 5.73 Å². The van der Waals surface area contributed by atoms with Crippen LogP contribution >= 0.6 is 22.9 Å². The lowest BCUT2D eigenvalue weighted by Crippen LogP contribution is -2.41. The fourth-order valence-corrected chi connectivity index (χ4v) is 5.21. The van der Waals surface area contributed by atoms with Gasteiger partial charge in [0.05, 0.1) is 37.4 Å². The van der Waals surface area contributed by atoms with E-state index in [0.717, 1.165) is 22.0 Å². The zero-order valence-corrected chi connectivity index (χ0v) is 20.6. The number of anilines is 1. The van der Waals surface area contributed by atoms with Gasteiger partial charge in [0.25, 0.3) is 11.5 Å². The van der Waals surface area contributed by atoms with Gasteiger partial charge in [-0.3, -0.25) is 14.2 Å². The van der Waals surface area contributed by atoms with Gasteiger partial charge in [-0.25, -0.2) is 4.79 Å². The summed E-state index contributed by atoms with van der Waals surface area (Å²) in [4.78, 5) is 38.8. The number of rotatable bonds is 5. The molecule has 1 unspecified atom stereocenters. The van der Waals surface area contributed by atoms with E-state index in [0.29, 0.717) is 22.0 Å². The van der Waals surface area contributed by atoms with E-state index >= 15 is 0 Å². The topological polar surface area (TPSA) is 136 Å². The first kappa shape index (κ1) is 27.3. The molecule has 0 aliphatic carbocycles. The molecule has 1 amide bonds. The van der Waals surface area contributed by atoms with E-state index in [9.17, 15) is 19.6 Å². The predicted octanol–water partition coefficient (Wildman–Crippen LogP) is 2.40. The van der Waals surface area contributed by atoms with Gasteiger partial charge in [0, 0.05) is 16.8 Å². The lowest BCUT2D eigenvalue weighted by Gasteiger charge is -2.26. The van der Waals surface area contributed by atoms with Crippen molar-refractivity contribution in [3.8, 4) is 11.8 Å². The SMILES string of the molecule is C.COC(=O)/C=c1\sc2n(c1=O)C(N)=C(C#N)C(c1ccccc1Cl)C=2C(=O)Nc1ccc(OC)cc1. The molecule has 1 aliphatic heterocycles. The van der Waals surface area contributed by atoms with Crippen LogP contribution in [0.4, 0.5) is 5.69 Å². The molecule has 2 aromatic carbocycles. The Morgan fingerprint density at radius 1 is 1.19 bits per heavy atom. The van der Waals surface area contributed by atoms with E-state index in [1.54, 1.807) is 48.5 Å². The van der Waals surface area contributed by atoms with Crippen LogP contribution in [-0.2, 0) is 14.3 Å². The summed E-state index contributed by atoms with van der Waals surface area (Å²) in [6.45, 7) is 0. The standard InChI is InChI=1S/C25H19ClN4O5S.CH4/c1-34-14-9-7-13(8-10-14)29-23(32)21-20(15-5-3-4-6-17(15)26)16(12-27)22(28)30-24(33)18(36-25(21)30)11-19(31)35-2;/h3-11,20H,28H2,1-2H3,(H,29,32);1H4/b18-11-;. The van der Waals surface area contributed by atoms with Gasteiger partial charge in [0.1, 0.15) is 20.8 Å². The fourth-order valence-electron chi connectivity index (χ4n) is 3.83. The highest BCUT2D eigenvalue weighted by Crippen LogP contribution is 2.39. The Morgan fingerprint density at radius 2 is 1.86 bits per heavy atom. The number of nitriles is 1. The minimum absolute atomic E-state index is 0. The minimum Gasteiger partial charge on any atom is -0.497 e. The molecule has 0 bridgehead atoms. The number of halogens is 1. The Bertz CT molecular complexity index is 1630. The van der Waals surface area contributed by atoms with Crippen LogP contribution in [0.2, 0.25) is 5.02 Å². The molecule has 190 valence electrons. The van der Waals surface area contributed by atoms with Gasteiger partial charge in [0.2, 0.25) is 0 Å². The molecular weight excluding hydrogens is 516 g/mol. The number of hydrogen-bond donors (Lipinski definition) is 2. The molecule has 0 fully saturated rings. The molecule has 11 heteroatoms. The van der Waals surface area contributed by atoms with Crippen LogP contribution in [-0.4, -0.2) is 30.7 Å². The molecule has 1 aliphatic rings. The summed E-state index contributed by atoms with van der Waals surface area (Å²) in [5.41, 5.74) is 6.62. The van der Waals surface area contributed by atoms with E-state index in [-0.39, 0.29) is 33.6 Å². The second-order valence-electron chi connectivity index (χ2n) is 7.54. The Balaban J connectivity index is 0.00000380. The lowest BCUT2D eigenvalue weighted by molar-refractivity contribution is -0.133. The summed E-state index contributed by atoms with van der Waals surface area (Å²) in [5.74, 6) is -1.84. The highest BCUT2D eigenvalue weighted by Gasteiger charge is 2.36. The summed E-state index contributed by atoms with van der Waals surface area (Å²) in [6, 6.07) is 15.5. The highest BCUT2D eigenvalue weighted by atomic mass is 35.5. The number of nitrogens with zero attached hydrogens (tertiary/aromatic N) is 2.